The third-order valence-corrected chi connectivity index (χ3v) is 3.83. The summed E-state index contributed by atoms with van der Waals surface area (Å²) in [5.41, 5.74) is 8.70. The zero-order valence-corrected chi connectivity index (χ0v) is 12.6. The van der Waals surface area contributed by atoms with Gasteiger partial charge in [-0.3, -0.25) is 0 Å². The molecule has 0 bridgehead atoms. The maximum atomic E-state index is 6.30. The van der Waals surface area contributed by atoms with Crippen LogP contribution >= 0.6 is 0 Å². The van der Waals surface area contributed by atoms with Gasteiger partial charge in [-0.2, -0.15) is 5.10 Å². The molecule has 1 fully saturated rings. The van der Waals surface area contributed by atoms with Crippen molar-refractivity contribution in [1.82, 2.24) is 19.3 Å². The fourth-order valence-corrected chi connectivity index (χ4v) is 2.72. The second-order valence-corrected chi connectivity index (χ2v) is 5.36. The third kappa shape index (κ3) is 2.05. The lowest BCUT2D eigenvalue weighted by atomic mass is 10.2. The lowest BCUT2D eigenvalue weighted by Crippen LogP contribution is -2.05. The van der Waals surface area contributed by atoms with Gasteiger partial charge in [-0.15, -0.1) is 6.42 Å². The SMILES string of the molecule is C#CCn1c(C2CC2)nc(-c2c(C)nn(C)c2OC)c1N. The van der Waals surface area contributed by atoms with E-state index in [0.717, 1.165) is 35.6 Å². The van der Waals surface area contributed by atoms with Crippen LogP contribution in [0.4, 0.5) is 5.82 Å². The maximum absolute atomic E-state index is 6.30. The number of methoxy groups -OCH3 is 1. The minimum atomic E-state index is 0.437. The van der Waals surface area contributed by atoms with Crippen molar-refractivity contribution < 1.29 is 4.74 Å². The minimum absolute atomic E-state index is 0.437. The molecular formula is C15H19N5O. The van der Waals surface area contributed by atoms with E-state index in [4.69, 9.17) is 21.9 Å². The third-order valence-electron chi connectivity index (χ3n) is 3.83. The number of imidazole rings is 1. The fourth-order valence-electron chi connectivity index (χ4n) is 2.72. The van der Waals surface area contributed by atoms with E-state index in [2.05, 4.69) is 11.0 Å². The van der Waals surface area contributed by atoms with Crippen molar-refractivity contribution in [3.8, 4) is 29.5 Å². The highest BCUT2D eigenvalue weighted by Crippen LogP contribution is 2.44. The molecule has 6 nitrogen and oxygen atoms in total. The fraction of sp³-hybridized carbons (Fsp3) is 0.467. The van der Waals surface area contributed by atoms with E-state index in [9.17, 15) is 0 Å². The number of nitrogen functional groups attached to an aromatic ring is 1. The van der Waals surface area contributed by atoms with E-state index in [0.29, 0.717) is 24.2 Å². The lowest BCUT2D eigenvalue weighted by Gasteiger charge is -2.05. The first kappa shape index (κ1) is 13.6. The number of nitrogens with zero attached hydrogens (tertiary/aromatic N) is 4. The number of terminal acetylenes is 1. The van der Waals surface area contributed by atoms with Crippen molar-refractivity contribution in [2.24, 2.45) is 7.05 Å². The molecule has 1 saturated carbocycles. The number of nitrogens with two attached hydrogens (primary N) is 1. The summed E-state index contributed by atoms with van der Waals surface area (Å²) in [6, 6.07) is 0. The molecule has 0 atom stereocenters. The van der Waals surface area contributed by atoms with Gasteiger partial charge in [0.15, 0.2) is 0 Å². The Morgan fingerprint density at radius 1 is 1.48 bits per heavy atom. The van der Waals surface area contributed by atoms with E-state index in [1.165, 1.54) is 0 Å². The largest absolute Gasteiger partial charge is 0.481 e. The molecule has 0 aromatic carbocycles. The van der Waals surface area contributed by atoms with Crippen LogP contribution in [0.2, 0.25) is 0 Å². The average molecular weight is 285 g/mol. The van der Waals surface area contributed by atoms with E-state index in [1.54, 1.807) is 11.8 Å². The van der Waals surface area contributed by atoms with E-state index in [1.807, 2.05) is 18.5 Å². The van der Waals surface area contributed by atoms with Gasteiger partial charge < -0.3 is 15.0 Å². The predicted molar refractivity (Wildman–Crippen MR) is 80.9 cm³/mol. The Labute approximate surface area is 123 Å². The van der Waals surface area contributed by atoms with Crippen LogP contribution in [0.25, 0.3) is 11.3 Å². The smallest absolute Gasteiger partial charge is 0.221 e. The molecule has 3 rings (SSSR count). The van der Waals surface area contributed by atoms with E-state index < -0.39 is 0 Å². The molecule has 0 spiro atoms. The van der Waals surface area contributed by atoms with Crippen LogP contribution < -0.4 is 10.5 Å². The van der Waals surface area contributed by atoms with Crippen LogP contribution in [-0.2, 0) is 13.6 Å². The van der Waals surface area contributed by atoms with Crippen molar-refractivity contribution in [3.63, 3.8) is 0 Å². The van der Waals surface area contributed by atoms with Crippen molar-refractivity contribution in [2.75, 3.05) is 12.8 Å². The summed E-state index contributed by atoms with van der Waals surface area (Å²) in [6.07, 6.45) is 7.75. The Morgan fingerprint density at radius 3 is 2.76 bits per heavy atom. The molecule has 2 aromatic rings. The van der Waals surface area contributed by atoms with Crippen molar-refractivity contribution in [1.29, 1.82) is 0 Å². The van der Waals surface area contributed by atoms with Crippen LogP contribution in [0.3, 0.4) is 0 Å². The van der Waals surface area contributed by atoms with Crippen LogP contribution in [0, 0.1) is 19.3 Å². The Balaban J connectivity index is 2.20. The van der Waals surface area contributed by atoms with Gasteiger partial charge in [-0.25, -0.2) is 9.67 Å². The Morgan fingerprint density at radius 2 is 2.19 bits per heavy atom. The molecule has 0 unspecified atom stereocenters. The monoisotopic (exact) mass is 285 g/mol. The van der Waals surface area contributed by atoms with Crippen LogP contribution in [-0.4, -0.2) is 26.4 Å². The number of aryl methyl sites for hydroxylation is 2. The van der Waals surface area contributed by atoms with Gasteiger partial charge in [0.05, 0.1) is 24.9 Å². The van der Waals surface area contributed by atoms with E-state index >= 15 is 0 Å². The van der Waals surface area contributed by atoms with Crippen LogP contribution in [0.5, 0.6) is 5.88 Å². The lowest BCUT2D eigenvalue weighted by molar-refractivity contribution is 0.374. The minimum Gasteiger partial charge on any atom is -0.481 e. The van der Waals surface area contributed by atoms with E-state index in [-0.39, 0.29) is 0 Å². The zero-order chi connectivity index (χ0) is 15.1. The number of hydrogen-bond donors (Lipinski definition) is 1. The summed E-state index contributed by atoms with van der Waals surface area (Å²) in [4.78, 5) is 4.75. The summed E-state index contributed by atoms with van der Waals surface area (Å²) in [7, 11) is 3.46. The standard InChI is InChI=1S/C15H19N5O/c1-5-8-20-13(16)12(17-14(20)10-6-7-10)11-9(2)18-19(3)15(11)21-4/h1,10H,6-8,16H2,2-4H3. The number of anilines is 1. The molecule has 2 aromatic heterocycles. The first-order chi connectivity index (χ1) is 10.1. The number of hydrogen-bond acceptors (Lipinski definition) is 4. The normalized spacial score (nSPS) is 14.2. The highest BCUT2D eigenvalue weighted by atomic mass is 16.5. The Hall–Kier alpha value is -2.42. The molecule has 110 valence electrons. The highest BCUT2D eigenvalue weighted by Gasteiger charge is 2.32. The molecular weight excluding hydrogens is 266 g/mol. The van der Waals surface area contributed by atoms with Gasteiger partial charge in [0.2, 0.25) is 5.88 Å². The second-order valence-electron chi connectivity index (χ2n) is 5.36. The summed E-state index contributed by atoms with van der Waals surface area (Å²) in [5.74, 6) is 5.35. The molecule has 0 aliphatic heterocycles. The highest BCUT2D eigenvalue weighted by molar-refractivity contribution is 5.77. The molecule has 6 heteroatoms. The number of aromatic nitrogens is 4. The summed E-state index contributed by atoms with van der Waals surface area (Å²) in [5, 5.41) is 4.39. The summed E-state index contributed by atoms with van der Waals surface area (Å²) >= 11 is 0. The molecule has 0 saturated heterocycles. The molecule has 21 heavy (non-hydrogen) atoms. The van der Waals surface area contributed by atoms with Gasteiger partial charge in [0, 0.05) is 13.0 Å². The second kappa shape index (κ2) is 4.85. The van der Waals surface area contributed by atoms with Crippen molar-refractivity contribution >= 4 is 5.82 Å². The van der Waals surface area contributed by atoms with Crippen LogP contribution in [0.1, 0.15) is 30.3 Å². The molecule has 0 radical (unpaired) electrons. The van der Waals surface area contributed by atoms with Crippen molar-refractivity contribution in [3.05, 3.63) is 11.5 Å². The molecule has 2 N–H and O–H groups in total. The summed E-state index contributed by atoms with van der Waals surface area (Å²) in [6.45, 7) is 2.36. The molecule has 2 heterocycles. The number of rotatable bonds is 4. The molecule has 1 aliphatic carbocycles. The number of ether oxygens (including phenoxy) is 1. The van der Waals surface area contributed by atoms with Gasteiger partial charge in [0.1, 0.15) is 17.3 Å². The maximum Gasteiger partial charge on any atom is 0.221 e. The van der Waals surface area contributed by atoms with Crippen LogP contribution in [0.15, 0.2) is 0 Å². The van der Waals surface area contributed by atoms with Gasteiger partial charge in [-0.1, -0.05) is 5.92 Å². The van der Waals surface area contributed by atoms with Gasteiger partial charge in [-0.05, 0) is 19.8 Å². The van der Waals surface area contributed by atoms with Crippen molar-refractivity contribution in [2.45, 2.75) is 32.2 Å². The first-order valence-corrected chi connectivity index (χ1v) is 6.95. The van der Waals surface area contributed by atoms with Gasteiger partial charge >= 0.3 is 0 Å². The summed E-state index contributed by atoms with van der Waals surface area (Å²) < 4.78 is 9.07. The quantitative estimate of drug-likeness (QED) is 0.868. The average Bonchev–Trinajstić information content (AvgIpc) is 3.18. The molecule has 1 aliphatic rings. The molecule has 0 amide bonds. The Kier molecular flexibility index (Phi) is 3.13. The predicted octanol–water partition coefficient (Wildman–Crippen LogP) is 1.69. The first-order valence-electron chi connectivity index (χ1n) is 6.95. The zero-order valence-electron chi connectivity index (χ0n) is 12.6. The Bertz CT molecular complexity index is 730. The topological polar surface area (TPSA) is 70.9 Å². The van der Waals surface area contributed by atoms with Gasteiger partial charge in [0.25, 0.3) is 0 Å².